The molecule has 0 aromatic carbocycles. The van der Waals surface area contributed by atoms with Gasteiger partial charge in [0.1, 0.15) is 0 Å². The number of rotatable bonds is 3. The van der Waals surface area contributed by atoms with Gasteiger partial charge >= 0.3 is 0 Å². The van der Waals surface area contributed by atoms with Gasteiger partial charge in [0.2, 0.25) is 0 Å². The van der Waals surface area contributed by atoms with Crippen molar-refractivity contribution in [3.8, 4) is 0 Å². The highest BCUT2D eigenvalue weighted by molar-refractivity contribution is 7.09. The van der Waals surface area contributed by atoms with Crippen molar-refractivity contribution in [1.82, 2.24) is 4.98 Å². The number of hydrogen-bond acceptors (Lipinski definition) is 2. The van der Waals surface area contributed by atoms with E-state index in [0.717, 1.165) is 12.8 Å². The maximum Gasteiger partial charge on any atom is 0.0955 e. The van der Waals surface area contributed by atoms with Crippen LogP contribution in [0.3, 0.4) is 0 Å². The molecule has 10 heavy (non-hydrogen) atoms. The minimum atomic E-state index is 0.583. The smallest absolute Gasteiger partial charge is 0.0955 e. The SMILES string of the molecule is [CH2]CC(CC)c1nccs1. The fourth-order valence-electron chi connectivity index (χ4n) is 0.938. The lowest BCUT2D eigenvalue weighted by Gasteiger charge is -2.06. The van der Waals surface area contributed by atoms with Gasteiger partial charge in [-0.15, -0.1) is 11.3 Å². The van der Waals surface area contributed by atoms with Gasteiger partial charge in [-0.2, -0.15) is 0 Å². The Labute approximate surface area is 66.1 Å². The van der Waals surface area contributed by atoms with Crippen molar-refractivity contribution in [2.24, 2.45) is 0 Å². The Balaban J connectivity index is 2.64. The molecular formula is C8H12NS. The molecule has 0 fully saturated rings. The lowest BCUT2D eigenvalue weighted by molar-refractivity contribution is 0.667. The molecule has 2 heteroatoms. The Kier molecular flexibility index (Phi) is 2.87. The second-order valence-electron chi connectivity index (χ2n) is 2.26. The van der Waals surface area contributed by atoms with Gasteiger partial charge < -0.3 is 0 Å². The summed E-state index contributed by atoms with van der Waals surface area (Å²) in [6.45, 7) is 6.06. The van der Waals surface area contributed by atoms with Crippen LogP contribution in [0.1, 0.15) is 30.7 Å². The first-order valence-electron chi connectivity index (χ1n) is 3.57. The predicted octanol–water partition coefficient (Wildman–Crippen LogP) is 2.86. The van der Waals surface area contributed by atoms with E-state index in [1.165, 1.54) is 5.01 Å². The van der Waals surface area contributed by atoms with Gasteiger partial charge in [0.05, 0.1) is 5.01 Å². The Bertz CT molecular complexity index is 165. The van der Waals surface area contributed by atoms with Crippen LogP contribution >= 0.6 is 11.3 Å². The molecule has 1 unspecified atom stereocenters. The third kappa shape index (κ3) is 1.57. The molecule has 0 spiro atoms. The van der Waals surface area contributed by atoms with Crippen LogP contribution in [0, 0.1) is 6.92 Å². The zero-order valence-corrected chi connectivity index (χ0v) is 7.03. The Morgan fingerprint density at radius 1 is 1.80 bits per heavy atom. The molecule has 1 nitrogen and oxygen atoms in total. The molecule has 0 N–H and O–H groups in total. The van der Waals surface area contributed by atoms with Crippen molar-refractivity contribution in [3.05, 3.63) is 23.5 Å². The third-order valence-corrected chi connectivity index (χ3v) is 2.58. The molecule has 0 bridgehead atoms. The summed E-state index contributed by atoms with van der Waals surface area (Å²) in [6.07, 6.45) is 3.97. The Morgan fingerprint density at radius 3 is 3.00 bits per heavy atom. The minimum Gasteiger partial charge on any atom is -0.249 e. The van der Waals surface area contributed by atoms with Gasteiger partial charge in [-0.25, -0.2) is 4.98 Å². The second kappa shape index (κ2) is 3.71. The molecule has 0 amide bonds. The van der Waals surface area contributed by atoms with E-state index in [1.54, 1.807) is 11.3 Å². The van der Waals surface area contributed by atoms with E-state index in [2.05, 4.69) is 18.8 Å². The van der Waals surface area contributed by atoms with Crippen LogP contribution in [0.15, 0.2) is 11.6 Å². The van der Waals surface area contributed by atoms with Crippen molar-refractivity contribution in [2.45, 2.75) is 25.7 Å². The van der Waals surface area contributed by atoms with E-state index in [9.17, 15) is 0 Å². The van der Waals surface area contributed by atoms with Crippen LogP contribution in [0.4, 0.5) is 0 Å². The van der Waals surface area contributed by atoms with Gasteiger partial charge in [-0.3, -0.25) is 0 Å². The largest absolute Gasteiger partial charge is 0.249 e. The molecule has 0 saturated carbocycles. The molecule has 0 aliphatic heterocycles. The number of thiazole rings is 1. The molecule has 1 radical (unpaired) electrons. The Hall–Kier alpha value is -0.370. The summed E-state index contributed by atoms with van der Waals surface area (Å²) in [5.74, 6) is 0.583. The topological polar surface area (TPSA) is 12.9 Å². The summed E-state index contributed by atoms with van der Waals surface area (Å²) < 4.78 is 0. The van der Waals surface area contributed by atoms with Gasteiger partial charge in [-0.05, 0) is 12.8 Å². The van der Waals surface area contributed by atoms with Crippen LogP contribution in [0.2, 0.25) is 0 Å². The van der Waals surface area contributed by atoms with Crippen molar-refractivity contribution < 1.29 is 0 Å². The van der Waals surface area contributed by atoms with Gasteiger partial charge in [-0.1, -0.05) is 13.8 Å². The first-order valence-corrected chi connectivity index (χ1v) is 4.45. The van der Waals surface area contributed by atoms with Crippen LogP contribution in [0.5, 0.6) is 0 Å². The monoisotopic (exact) mass is 154 g/mol. The lowest BCUT2D eigenvalue weighted by atomic mass is 10.1. The predicted molar refractivity (Wildman–Crippen MR) is 45.1 cm³/mol. The van der Waals surface area contributed by atoms with Gasteiger partial charge in [0, 0.05) is 17.5 Å². The highest BCUT2D eigenvalue weighted by Gasteiger charge is 2.07. The van der Waals surface area contributed by atoms with E-state index in [0.29, 0.717) is 5.92 Å². The number of aromatic nitrogens is 1. The molecular weight excluding hydrogens is 142 g/mol. The third-order valence-electron chi connectivity index (χ3n) is 1.64. The molecule has 1 aromatic heterocycles. The summed E-state index contributed by atoms with van der Waals surface area (Å²) >= 11 is 1.73. The highest BCUT2D eigenvalue weighted by Crippen LogP contribution is 2.23. The maximum absolute atomic E-state index is 4.24. The first kappa shape index (κ1) is 7.73. The average Bonchev–Trinajstić information content (AvgIpc) is 2.43. The lowest BCUT2D eigenvalue weighted by Crippen LogP contribution is -1.93. The standard InChI is InChI=1S/C8H12NS/c1-3-7(4-2)8-9-5-6-10-8/h5-7H,1,3-4H2,2H3. The molecule has 1 rings (SSSR count). The van der Waals surface area contributed by atoms with Crippen LogP contribution in [-0.2, 0) is 0 Å². The van der Waals surface area contributed by atoms with E-state index in [1.807, 2.05) is 11.6 Å². The molecule has 0 saturated heterocycles. The molecule has 55 valence electrons. The van der Waals surface area contributed by atoms with Crippen molar-refractivity contribution >= 4 is 11.3 Å². The molecule has 1 heterocycles. The zero-order chi connectivity index (χ0) is 7.40. The summed E-state index contributed by atoms with van der Waals surface area (Å²) in [6, 6.07) is 0. The van der Waals surface area contributed by atoms with Crippen molar-refractivity contribution in [3.63, 3.8) is 0 Å². The summed E-state index contributed by atoms with van der Waals surface area (Å²) in [4.78, 5) is 4.24. The quantitative estimate of drug-likeness (QED) is 0.652. The van der Waals surface area contributed by atoms with Crippen molar-refractivity contribution in [2.75, 3.05) is 0 Å². The van der Waals surface area contributed by atoms with Crippen molar-refractivity contribution in [1.29, 1.82) is 0 Å². The fraction of sp³-hybridized carbons (Fsp3) is 0.500. The number of hydrogen-bond donors (Lipinski definition) is 0. The normalized spacial score (nSPS) is 10.7. The Morgan fingerprint density at radius 2 is 2.60 bits per heavy atom. The summed E-state index contributed by atoms with van der Waals surface area (Å²) in [5, 5.41) is 3.26. The van der Waals surface area contributed by atoms with E-state index in [-0.39, 0.29) is 0 Å². The van der Waals surface area contributed by atoms with E-state index < -0.39 is 0 Å². The molecule has 1 atom stereocenters. The van der Waals surface area contributed by atoms with E-state index in [4.69, 9.17) is 0 Å². The van der Waals surface area contributed by atoms with Crippen LogP contribution < -0.4 is 0 Å². The van der Waals surface area contributed by atoms with Crippen LogP contribution in [0.25, 0.3) is 0 Å². The zero-order valence-electron chi connectivity index (χ0n) is 6.21. The van der Waals surface area contributed by atoms with Gasteiger partial charge in [0.15, 0.2) is 0 Å². The van der Waals surface area contributed by atoms with Gasteiger partial charge in [0.25, 0.3) is 0 Å². The number of nitrogens with zero attached hydrogens (tertiary/aromatic N) is 1. The minimum absolute atomic E-state index is 0.583. The molecule has 1 aromatic rings. The van der Waals surface area contributed by atoms with E-state index >= 15 is 0 Å². The maximum atomic E-state index is 4.24. The van der Waals surface area contributed by atoms with Crippen LogP contribution in [-0.4, -0.2) is 4.98 Å². The fourth-order valence-corrected chi connectivity index (χ4v) is 1.80. The molecule has 0 aliphatic carbocycles. The average molecular weight is 154 g/mol. The summed E-state index contributed by atoms with van der Waals surface area (Å²) in [7, 11) is 0. The molecule has 0 aliphatic rings. The second-order valence-corrected chi connectivity index (χ2v) is 3.19. The first-order chi connectivity index (χ1) is 4.88. The highest BCUT2D eigenvalue weighted by atomic mass is 32.1. The summed E-state index contributed by atoms with van der Waals surface area (Å²) in [5.41, 5.74) is 0.